The average molecular weight is 330 g/mol. The fourth-order valence-electron chi connectivity index (χ4n) is 2.45. The maximum Gasteiger partial charge on any atom is 0.193 e. The average Bonchev–Trinajstić information content (AvgIpc) is 2.96. The molecule has 0 spiro atoms. The lowest BCUT2D eigenvalue weighted by atomic mass is 10.1. The van der Waals surface area contributed by atoms with Crippen LogP contribution in [-0.2, 0) is 16.4 Å². The van der Waals surface area contributed by atoms with Crippen LogP contribution in [0.5, 0.6) is 0 Å². The highest BCUT2D eigenvalue weighted by Crippen LogP contribution is 2.17. The molecule has 1 aromatic rings. The van der Waals surface area contributed by atoms with E-state index in [4.69, 9.17) is 0 Å². The third-order valence-corrected chi connectivity index (χ3v) is 6.17. The molecule has 0 radical (unpaired) electrons. The van der Waals surface area contributed by atoms with Crippen molar-refractivity contribution in [1.82, 2.24) is 15.2 Å². The second kappa shape index (κ2) is 6.74. The lowest BCUT2D eigenvalue weighted by molar-refractivity contribution is 0.459. The van der Waals surface area contributed by atoms with E-state index in [1.807, 2.05) is 24.3 Å². The van der Waals surface area contributed by atoms with Gasteiger partial charge < -0.3 is 10.2 Å². The normalized spacial score (nSPS) is 21.5. The van der Waals surface area contributed by atoms with Crippen LogP contribution in [0.2, 0.25) is 0 Å². The van der Waals surface area contributed by atoms with E-state index in [9.17, 15) is 8.42 Å². The largest absolute Gasteiger partial charge is 0.356 e. The summed E-state index contributed by atoms with van der Waals surface area (Å²) in [6, 6.07) is 0. The summed E-state index contributed by atoms with van der Waals surface area (Å²) in [6.45, 7) is 3.32. The molecule has 6 nitrogen and oxygen atoms in total. The van der Waals surface area contributed by atoms with Crippen LogP contribution in [-0.4, -0.2) is 56.4 Å². The number of hydrogen-bond donors (Lipinski definition) is 1. The highest BCUT2D eigenvalue weighted by molar-refractivity contribution is 7.91. The number of guanidine groups is 1. The predicted molar refractivity (Wildman–Crippen MR) is 86.4 cm³/mol. The molecule has 21 heavy (non-hydrogen) atoms. The molecule has 0 saturated carbocycles. The molecule has 1 aliphatic heterocycles. The van der Waals surface area contributed by atoms with Crippen LogP contribution in [0.25, 0.3) is 0 Å². The van der Waals surface area contributed by atoms with Gasteiger partial charge in [-0.25, -0.2) is 13.4 Å². The summed E-state index contributed by atoms with van der Waals surface area (Å²) >= 11 is 1.63. The number of aryl methyl sites for hydroxylation is 1. The molecule has 2 heterocycles. The lowest BCUT2D eigenvalue weighted by Crippen LogP contribution is -2.40. The molecule has 0 bridgehead atoms. The van der Waals surface area contributed by atoms with Gasteiger partial charge in [0.15, 0.2) is 15.8 Å². The number of thiazole rings is 1. The smallest absolute Gasteiger partial charge is 0.193 e. The van der Waals surface area contributed by atoms with E-state index in [2.05, 4.69) is 15.3 Å². The molecule has 1 fully saturated rings. The topological polar surface area (TPSA) is 74.7 Å². The molecule has 1 unspecified atom stereocenters. The Bertz CT molecular complexity index is 609. The fourth-order valence-corrected chi connectivity index (χ4v) is 4.92. The number of nitrogens with zero attached hydrogens (tertiary/aromatic N) is 3. The molecule has 2 rings (SSSR count). The van der Waals surface area contributed by atoms with Crippen LogP contribution < -0.4 is 5.32 Å². The number of nitrogens with one attached hydrogen (secondary N) is 1. The fraction of sp³-hybridized carbons (Fsp3) is 0.692. The van der Waals surface area contributed by atoms with Crippen molar-refractivity contribution >= 4 is 27.1 Å². The van der Waals surface area contributed by atoms with Gasteiger partial charge in [-0.1, -0.05) is 0 Å². The maximum atomic E-state index is 11.5. The quantitative estimate of drug-likeness (QED) is 0.656. The Morgan fingerprint density at radius 3 is 2.90 bits per heavy atom. The number of hydrogen-bond acceptors (Lipinski definition) is 5. The van der Waals surface area contributed by atoms with Crippen molar-refractivity contribution in [2.45, 2.75) is 19.9 Å². The molecule has 0 aliphatic carbocycles. The summed E-state index contributed by atoms with van der Waals surface area (Å²) in [5.41, 5.74) is 1.02. The van der Waals surface area contributed by atoms with E-state index in [1.165, 1.54) is 0 Å². The molecule has 118 valence electrons. The standard InChI is InChI=1S/C13H22N4O2S2/c1-10-16-12(8-20-10)7-17(3)13(14-2)15-6-11-4-5-21(18,19)9-11/h8,11H,4-7,9H2,1-3H3,(H,14,15). The zero-order chi connectivity index (χ0) is 15.5. The van der Waals surface area contributed by atoms with Gasteiger partial charge in [0.1, 0.15) is 0 Å². The number of aliphatic imine (C=N–C) groups is 1. The van der Waals surface area contributed by atoms with Gasteiger partial charge in [-0.2, -0.15) is 0 Å². The highest BCUT2D eigenvalue weighted by Gasteiger charge is 2.27. The van der Waals surface area contributed by atoms with Gasteiger partial charge in [0.05, 0.1) is 28.8 Å². The van der Waals surface area contributed by atoms with Gasteiger partial charge in [0.2, 0.25) is 0 Å². The zero-order valence-electron chi connectivity index (χ0n) is 12.7. The van der Waals surface area contributed by atoms with Crippen LogP contribution in [0.3, 0.4) is 0 Å². The first-order chi connectivity index (χ1) is 9.89. The first-order valence-electron chi connectivity index (χ1n) is 6.93. The van der Waals surface area contributed by atoms with E-state index in [1.54, 1.807) is 18.4 Å². The first-order valence-corrected chi connectivity index (χ1v) is 9.63. The van der Waals surface area contributed by atoms with Crippen molar-refractivity contribution in [1.29, 1.82) is 0 Å². The predicted octanol–water partition coefficient (Wildman–Crippen LogP) is 0.893. The van der Waals surface area contributed by atoms with Gasteiger partial charge in [0.25, 0.3) is 0 Å². The molecule has 1 aromatic heterocycles. The summed E-state index contributed by atoms with van der Waals surface area (Å²) in [7, 11) is 0.868. The van der Waals surface area contributed by atoms with E-state index >= 15 is 0 Å². The van der Waals surface area contributed by atoms with E-state index in [-0.39, 0.29) is 11.7 Å². The third kappa shape index (κ3) is 4.67. The highest BCUT2D eigenvalue weighted by atomic mass is 32.2. The molecule has 1 saturated heterocycles. The Morgan fingerprint density at radius 1 is 1.62 bits per heavy atom. The molecular weight excluding hydrogens is 308 g/mol. The van der Waals surface area contributed by atoms with E-state index < -0.39 is 9.84 Å². The van der Waals surface area contributed by atoms with Crippen LogP contribution in [0.1, 0.15) is 17.1 Å². The van der Waals surface area contributed by atoms with Gasteiger partial charge in [-0.3, -0.25) is 4.99 Å². The van der Waals surface area contributed by atoms with Crippen LogP contribution >= 0.6 is 11.3 Å². The van der Waals surface area contributed by atoms with Crippen molar-refractivity contribution < 1.29 is 8.42 Å². The third-order valence-electron chi connectivity index (χ3n) is 3.51. The summed E-state index contributed by atoms with van der Waals surface area (Å²) < 4.78 is 22.9. The van der Waals surface area contributed by atoms with Crippen molar-refractivity contribution in [3.8, 4) is 0 Å². The van der Waals surface area contributed by atoms with Crippen molar-refractivity contribution in [3.05, 3.63) is 16.1 Å². The van der Waals surface area contributed by atoms with Gasteiger partial charge in [-0.15, -0.1) is 11.3 Å². The minimum atomic E-state index is -2.82. The van der Waals surface area contributed by atoms with Crippen LogP contribution in [0, 0.1) is 12.8 Å². The van der Waals surface area contributed by atoms with Crippen molar-refractivity contribution in [2.24, 2.45) is 10.9 Å². The monoisotopic (exact) mass is 330 g/mol. The van der Waals surface area contributed by atoms with Crippen LogP contribution in [0.15, 0.2) is 10.4 Å². The minimum Gasteiger partial charge on any atom is -0.356 e. The second-order valence-electron chi connectivity index (χ2n) is 5.41. The number of sulfone groups is 1. The van der Waals surface area contributed by atoms with Gasteiger partial charge in [-0.05, 0) is 19.3 Å². The molecule has 8 heteroatoms. The first kappa shape index (κ1) is 16.2. The summed E-state index contributed by atoms with van der Waals surface area (Å²) in [6.07, 6.45) is 0.737. The lowest BCUT2D eigenvalue weighted by Gasteiger charge is -2.22. The minimum absolute atomic E-state index is 0.182. The van der Waals surface area contributed by atoms with Gasteiger partial charge >= 0.3 is 0 Å². The molecule has 1 atom stereocenters. The van der Waals surface area contributed by atoms with Crippen molar-refractivity contribution in [2.75, 3.05) is 32.1 Å². The number of aromatic nitrogens is 1. The molecule has 1 N–H and O–H groups in total. The Hall–Kier alpha value is -1.15. The van der Waals surface area contributed by atoms with Crippen LogP contribution in [0.4, 0.5) is 0 Å². The Morgan fingerprint density at radius 2 is 2.38 bits per heavy atom. The van der Waals surface area contributed by atoms with E-state index in [0.717, 1.165) is 23.1 Å². The second-order valence-corrected chi connectivity index (χ2v) is 8.70. The molecule has 0 aromatic carbocycles. The molecular formula is C13H22N4O2S2. The number of rotatable bonds is 4. The summed E-state index contributed by atoms with van der Waals surface area (Å²) in [4.78, 5) is 10.7. The molecule has 1 aliphatic rings. The maximum absolute atomic E-state index is 11.5. The Labute approximate surface area is 130 Å². The SMILES string of the molecule is CN=C(NCC1CCS(=O)(=O)C1)N(C)Cc1csc(C)n1. The summed E-state index contributed by atoms with van der Waals surface area (Å²) in [5, 5.41) is 6.36. The molecule has 0 amide bonds. The summed E-state index contributed by atoms with van der Waals surface area (Å²) in [5.74, 6) is 1.55. The van der Waals surface area contributed by atoms with E-state index in [0.29, 0.717) is 18.8 Å². The van der Waals surface area contributed by atoms with Crippen molar-refractivity contribution in [3.63, 3.8) is 0 Å². The van der Waals surface area contributed by atoms with Gasteiger partial charge in [0, 0.05) is 26.0 Å². The Kier molecular flexibility index (Phi) is 5.21. The Balaban J connectivity index is 1.85. The zero-order valence-corrected chi connectivity index (χ0v) is 14.3.